The van der Waals surface area contributed by atoms with Crippen molar-refractivity contribution in [2.24, 2.45) is 5.73 Å². The zero-order chi connectivity index (χ0) is 14.7. The summed E-state index contributed by atoms with van der Waals surface area (Å²) in [5.41, 5.74) is 7.63. The van der Waals surface area contributed by atoms with Gasteiger partial charge in [-0.3, -0.25) is 0 Å². The standard InChI is InChI=1S/C18H20ClNO/c19-15-7-9-16(10-8-15)21-18-12-14(6-11-17(18)20)13-4-2-1-3-5-13/h1-5,7-10,14,17-18H,6,11-12,20H2. The van der Waals surface area contributed by atoms with Gasteiger partial charge in [-0.1, -0.05) is 41.9 Å². The van der Waals surface area contributed by atoms with Crippen LogP contribution in [-0.4, -0.2) is 12.1 Å². The number of nitrogens with two attached hydrogens (primary N) is 1. The van der Waals surface area contributed by atoms with Crippen molar-refractivity contribution in [2.75, 3.05) is 0 Å². The summed E-state index contributed by atoms with van der Waals surface area (Å²) in [5, 5.41) is 0.720. The molecule has 21 heavy (non-hydrogen) atoms. The summed E-state index contributed by atoms with van der Waals surface area (Å²) in [6, 6.07) is 18.2. The summed E-state index contributed by atoms with van der Waals surface area (Å²) in [7, 11) is 0. The lowest BCUT2D eigenvalue weighted by Gasteiger charge is -2.34. The molecule has 1 aliphatic carbocycles. The molecule has 0 spiro atoms. The maximum absolute atomic E-state index is 6.25. The normalized spacial score (nSPS) is 25.5. The van der Waals surface area contributed by atoms with Crippen LogP contribution in [0.1, 0.15) is 30.7 Å². The van der Waals surface area contributed by atoms with E-state index >= 15 is 0 Å². The van der Waals surface area contributed by atoms with E-state index < -0.39 is 0 Å². The smallest absolute Gasteiger partial charge is 0.119 e. The molecular formula is C18H20ClNO. The maximum Gasteiger partial charge on any atom is 0.119 e. The maximum atomic E-state index is 6.25. The lowest BCUT2D eigenvalue weighted by Crippen LogP contribution is -2.43. The van der Waals surface area contributed by atoms with E-state index in [4.69, 9.17) is 22.1 Å². The second-order valence-corrected chi connectivity index (χ2v) is 6.13. The Labute approximate surface area is 130 Å². The van der Waals surface area contributed by atoms with E-state index in [2.05, 4.69) is 30.3 Å². The first kappa shape index (κ1) is 14.4. The third kappa shape index (κ3) is 3.58. The molecule has 3 unspecified atom stereocenters. The van der Waals surface area contributed by atoms with Crippen LogP contribution in [0.25, 0.3) is 0 Å². The Balaban J connectivity index is 1.70. The highest BCUT2D eigenvalue weighted by Crippen LogP contribution is 2.34. The molecule has 0 aromatic heterocycles. The van der Waals surface area contributed by atoms with Crippen LogP contribution in [0, 0.1) is 0 Å². The highest BCUT2D eigenvalue weighted by molar-refractivity contribution is 6.30. The molecule has 2 nitrogen and oxygen atoms in total. The SMILES string of the molecule is NC1CCC(c2ccccc2)CC1Oc1ccc(Cl)cc1. The molecule has 3 atom stereocenters. The van der Waals surface area contributed by atoms with Crippen LogP contribution in [0.4, 0.5) is 0 Å². The molecule has 110 valence electrons. The van der Waals surface area contributed by atoms with Crippen molar-refractivity contribution in [1.29, 1.82) is 0 Å². The molecule has 3 heteroatoms. The van der Waals surface area contributed by atoms with Crippen LogP contribution in [0.15, 0.2) is 54.6 Å². The van der Waals surface area contributed by atoms with Crippen molar-refractivity contribution in [3.63, 3.8) is 0 Å². The van der Waals surface area contributed by atoms with E-state index in [1.54, 1.807) is 0 Å². The number of benzene rings is 2. The third-order valence-corrected chi connectivity index (χ3v) is 4.47. The fourth-order valence-corrected chi connectivity index (χ4v) is 3.13. The number of halogens is 1. The lowest BCUT2D eigenvalue weighted by molar-refractivity contribution is 0.121. The van der Waals surface area contributed by atoms with E-state index in [1.807, 2.05) is 24.3 Å². The minimum absolute atomic E-state index is 0.0603. The Bertz CT molecular complexity index is 570. The Morgan fingerprint density at radius 3 is 2.38 bits per heavy atom. The topological polar surface area (TPSA) is 35.2 Å². The molecule has 3 rings (SSSR count). The van der Waals surface area contributed by atoms with E-state index in [1.165, 1.54) is 5.56 Å². The van der Waals surface area contributed by atoms with E-state index in [0.717, 1.165) is 30.0 Å². The second-order valence-electron chi connectivity index (χ2n) is 5.69. The van der Waals surface area contributed by atoms with Gasteiger partial charge in [-0.05, 0) is 55.0 Å². The Hall–Kier alpha value is -1.51. The fourth-order valence-electron chi connectivity index (χ4n) is 3.00. The fraction of sp³-hybridized carbons (Fsp3) is 0.333. The highest BCUT2D eigenvalue weighted by Gasteiger charge is 2.30. The zero-order valence-corrected chi connectivity index (χ0v) is 12.7. The van der Waals surface area contributed by atoms with Gasteiger partial charge < -0.3 is 10.5 Å². The summed E-state index contributed by atoms with van der Waals surface area (Å²) in [6.07, 6.45) is 3.15. The first-order chi connectivity index (χ1) is 10.2. The van der Waals surface area contributed by atoms with Gasteiger partial charge in [-0.2, -0.15) is 0 Å². The molecule has 2 aromatic carbocycles. The molecule has 0 bridgehead atoms. The predicted octanol–water partition coefficient (Wildman–Crippen LogP) is 4.38. The summed E-state index contributed by atoms with van der Waals surface area (Å²) in [5.74, 6) is 1.37. The number of hydrogen-bond acceptors (Lipinski definition) is 2. The van der Waals surface area contributed by atoms with Crippen molar-refractivity contribution < 1.29 is 4.74 Å². The quantitative estimate of drug-likeness (QED) is 0.913. The van der Waals surface area contributed by atoms with Crippen molar-refractivity contribution in [1.82, 2.24) is 0 Å². The molecule has 0 amide bonds. The zero-order valence-electron chi connectivity index (χ0n) is 11.9. The molecule has 1 aliphatic rings. The van der Waals surface area contributed by atoms with Crippen molar-refractivity contribution in [2.45, 2.75) is 37.3 Å². The summed E-state index contributed by atoms with van der Waals surface area (Å²) >= 11 is 5.91. The average molecular weight is 302 g/mol. The van der Waals surface area contributed by atoms with Crippen molar-refractivity contribution in [3.05, 3.63) is 65.2 Å². The van der Waals surface area contributed by atoms with Crippen LogP contribution in [0.5, 0.6) is 5.75 Å². The monoisotopic (exact) mass is 301 g/mol. The molecule has 0 radical (unpaired) electrons. The third-order valence-electron chi connectivity index (χ3n) is 4.21. The van der Waals surface area contributed by atoms with Gasteiger partial charge in [-0.15, -0.1) is 0 Å². The molecule has 0 aliphatic heterocycles. The lowest BCUT2D eigenvalue weighted by atomic mass is 9.80. The molecule has 2 N–H and O–H groups in total. The Morgan fingerprint density at radius 1 is 0.952 bits per heavy atom. The second kappa shape index (κ2) is 6.50. The number of hydrogen-bond donors (Lipinski definition) is 1. The van der Waals surface area contributed by atoms with Crippen LogP contribution in [0.3, 0.4) is 0 Å². The van der Waals surface area contributed by atoms with E-state index in [0.29, 0.717) is 5.92 Å². The van der Waals surface area contributed by atoms with E-state index in [-0.39, 0.29) is 12.1 Å². The number of ether oxygens (including phenoxy) is 1. The molecule has 0 saturated heterocycles. The average Bonchev–Trinajstić information content (AvgIpc) is 2.52. The Morgan fingerprint density at radius 2 is 1.67 bits per heavy atom. The van der Waals surface area contributed by atoms with Crippen molar-refractivity contribution >= 4 is 11.6 Å². The summed E-state index contributed by atoms with van der Waals surface area (Å²) < 4.78 is 6.09. The van der Waals surface area contributed by atoms with E-state index in [9.17, 15) is 0 Å². The largest absolute Gasteiger partial charge is 0.489 e. The molecule has 1 fully saturated rings. The molecule has 2 aromatic rings. The van der Waals surface area contributed by atoms with Gasteiger partial charge in [0.2, 0.25) is 0 Å². The van der Waals surface area contributed by atoms with Crippen LogP contribution in [-0.2, 0) is 0 Å². The van der Waals surface area contributed by atoms with Gasteiger partial charge in [0.15, 0.2) is 0 Å². The van der Waals surface area contributed by atoms with Crippen molar-refractivity contribution in [3.8, 4) is 5.75 Å². The predicted molar refractivity (Wildman–Crippen MR) is 86.9 cm³/mol. The molecule has 0 heterocycles. The van der Waals surface area contributed by atoms with Gasteiger partial charge >= 0.3 is 0 Å². The van der Waals surface area contributed by atoms with Gasteiger partial charge in [0, 0.05) is 11.1 Å². The minimum Gasteiger partial charge on any atom is -0.489 e. The highest BCUT2D eigenvalue weighted by atomic mass is 35.5. The first-order valence-electron chi connectivity index (χ1n) is 7.45. The minimum atomic E-state index is 0.0603. The van der Waals surface area contributed by atoms with Gasteiger partial charge in [0.1, 0.15) is 11.9 Å². The van der Waals surface area contributed by atoms with Gasteiger partial charge in [-0.25, -0.2) is 0 Å². The van der Waals surface area contributed by atoms with Crippen LogP contribution >= 0.6 is 11.6 Å². The molecular weight excluding hydrogens is 282 g/mol. The molecule has 1 saturated carbocycles. The van der Waals surface area contributed by atoms with Gasteiger partial charge in [0.25, 0.3) is 0 Å². The van der Waals surface area contributed by atoms with Crippen LogP contribution < -0.4 is 10.5 Å². The first-order valence-corrected chi connectivity index (χ1v) is 7.83. The summed E-state index contributed by atoms with van der Waals surface area (Å²) in [4.78, 5) is 0. The summed E-state index contributed by atoms with van der Waals surface area (Å²) in [6.45, 7) is 0. The van der Waals surface area contributed by atoms with Gasteiger partial charge in [0.05, 0.1) is 0 Å². The van der Waals surface area contributed by atoms with Crippen LogP contribution in [0.2, 0.25) is 5.02 Å². The number of rotatable bonds is 3. The Kier molecular flexibility index (Phi) is 4.47.